The van der Waals surface area contributed by atoms with E-state index in [0.29, 0.717) is 0 Å². The van der Waals surface area contributed by atoms with Crippen molar-refractivity contribution >= 4 is 29.1 Å². The van der Waals surface area contributed by atoms with Crippen molar-refractivity contribution in [3.8, 4) is 0 Å². The molecule has 46 valence electrons. The van der Waals surface area contributed by atoms with Crippen LogP contribution in [0.4, 0.5) is 0 Å². The second-order valence-electron chi connectivity index (χ2n) is 1.04. The Bertz CT molecular complexity index is 115. The highest BCUT2D eigenvalue weighted by molar-refractivity contribution is 6.32. The number of hydrogen-bond donors (Lipinski definition) is 0. The van der Waals surface area contributed by atoms with Gasteiger partial charge in [0.2, 0.25) is 0 Å². The fourth-order valence-corrected chi connectivity index (χ4v) is 0.435. The minimum Gasteiger partial charge on any atom is -0.456 e. The van der Waals surface area contributed by atoms with Crippen molar-refractivity contribution in [2.45, 2.75) is 12.5 Å². The Morgan fingerprint density at radius 3 is 2.50 bits per heavy atom. The number of alkyl halides is 1. The van der Waals surface area contributed by atoms with Crippen LogP contribution in [0.1, 0.15) is 6.92 Å². The Labute approximate surface area is 57.0 Å². The van der Waals surface area contributed by atoms with Gasteiger partial charge in [-0.2, -0.15) is 0 Å². The third kappa shape index (κ3) is 4.00. The van der Waals surface area contributed by atoms with E-state index in [1.165, 1.54) is 5.94 Å². The standard InChI is InChI=1S/C4H4Cl2O2/c1-3(5)8-4(6)2-7/h3H,1H3. The Hall–Kier alpha value is -0.170. The molecule has 0 aromatic carbocycles. The molecule has 0 fully saturated rings. The average Bonchev–Trinajstić information content (AvgIpc) is 1.65. The van der Waals surface area contributed by atoms with E-state index >= 15 is 0 Å². The third-order valence-electron chi connectivity index (χ3n) is 0.346. The number of hydrogen-bond acceptors (Lipinski definition) is 2. The molecular weight excluding hydrogens is 151 g/mol. The number of halogens is 2. The molecule has 0 aliphatic carbocycles. The second-order valence-corrected chi connectivity index (χ2v) is 1.99. The van der Waals surface area contributed by atoms with E-state index in [1.807, 2.05) is 0 Å². The predicted octanol–water partition coefficient (Wildman–Crippen LogP) is 1.50. The van der Waals surface area contributed by atoms with Gasteiger partial charge in [0.05, 0.1) is 0 Å². The van der Waals surface area contributed by atoms with Crippen molar-refractivity contribution in [3.05, 3.63) is 5.22 Å². The van der Waals surface area contributed by atoms with Gasteiger partial charge in [-0.25, -0.2) is 4.79 Å². The van der Waals surface area contributed by atoms with Gasteiger partial charge in [0.15, 0.2) is 11.5 Å². The van der Waals surface area contributed by atoms with Crippen molar-refractivity contribution in [1.29, 1.82) is 0 Å². The molecule has 0 saturated carbocycles. The van der Waals surface area contributed by atoms with E-state index in [-0.39, 0.29) is 5.22 Å². The summed E-state index contributed by atoms with van der Waals surface area (Å²) in [6.45, 7) is 1.54. The average molecular weight is 155 g/mol. The van der Waals surface area contributed by atoms with Gasteiger partial charge in [0.1, 0.15) is 0 Å². The van der Waals surface area contributed by atoms with Crippen LogP contribution in [0, 0.1) is 0 Å². The molecule has 0 aromatic heterocycles. The van der Waals surface area contributed by atoms with Crippen LogP contribution in [-0.4, -0.2) is 11.5 Å². The first-order chi connectivity index (χ1) is 3.66. The fraction of sp³-hybridized carbons (Fsp3) is 0.500. The Balaban J connectivity index is 3.56. The molecule has 4 heteroatoms. The van der Waals surface area contributed by atoms with E-state index in [0.717, 1.165) is 0 Å². The molecule has 0 bridgehead atoms. The maximum atomic E-state index is 9.56. The zero-order chi connectivity index (χ0) is 6.57. The molecule has 0 aromatic rings. The van der Waals surface area contributed by atoms with Crippen LogP contribution in [0.3, 0.4) is 0 Å². The van der Waals surface area contributed by atoms with Crippen LogP contribution in [-0.2, 0) is 9.53 Å². The number of ether oxygens (including phenoxy) is 1. The first-order valence-corrected chi connectivity index (χ1v) is 2.69. The summed E-state index contributed by atoms with van der Waals surface area (Å²) in [6.07, 6.45) is 0. The first-order valence-electron chi connectivity index (χ1n) is 1.88. The van der Waals surface area contributed by atoms with Crippen LogP contribution in [0.15, 0.2) is 5.22 Å². The van der Waals surface area contributed by atoms with Gasteiger partial charge in [0, 0.05) is 0 Å². The normalized spacial score (nSPS) is 11.9. The molecule has 0 spiro atoms. The lowest BCUT2D eigenvalue weighted by Gasteiger charge is -2.00. The predicted molar refractivity (Wildman–Crippen MR) is 31.5 cm³/mol. The third-order valence-corrected chi connectivity index (χ3v) is 0.601. The highest BCUT2D eigenvalue weighted by Crippen LogP contribution is 2.05. The zero-order valence-electron chi connectivity index (χ0n) is 4.15. The monoisotopic (exact) mass is 154 g/mol. The van der Waals surface area contributed by atoms with Gasteiger partial charge in [-0.05, 0) is 18.5 Å². The molecule has 1 unspecified atom stereocenters. The second kappa shape index (κ2) is 3.79. The van der Waals surface area contributed by atoms with Gasteiger partial charge >= 0.3 is 0 Å². The lowest BCUT2D eigenvalue weighted by molar-refractivity contribution is 0.222. The minimum atomic E-state index is -0.580. The van der Waals surface area contributed by atoms with Gasteiger partial charge in [0.25, 0.3) is 5.22 Å². The SMILES string of the molecule is CC(Cl)OC(Cl)=C=O. The maximum Gasteiger partial charge on any atom is 0.275 e. The summed E-state index contributed by atoms with van der Waals surface area (Å²) >= 11 is 10.3. The van der Waals surface area contributed by atoms with Crippen LogP contribution >= 0.6 is 23.2 Å². The Kier molecular flexibility index (Phi) is 3.71. The molecule has 0 aliphatic rings. The van der Waals surface area contributed by atoms with Crippen molar-refractivity contribution in [3.63, 3.8) is 0 Å². The maximum absolute atomic E-state index is 9.56. The molecule has 0 aliphatic heterocycles. The van der Waals surface area contributed by atoms with Crippen LogP contribution in [0.2, 0.25) is 0 Å². The highest BCUT2D eigenvalue weighted by Gasteiger charge is 1.97. The lowest BCUT2D eigenvalue weighted by Crippen LogP contribution is -1.94. The van der Waals surface area contributed by atoms with E-state index in [9.17, 15) is 4.79 Å². The topological polar surface area (TPSA) is 26.3 Å². The van der Waals surface area contributed by atoms with Crippen molar-refractivity contribution in [2.75, 3.05) is 0 Å². The van der Waals surface area contributed by atoms with E-state index in [2.05, 4.69) is 4.74 Å². The Morgan fingerprint density at radius 1 is 1.88 bits per heavy atom. The minimum absolute atomic E-state index is 0.340. The van der Waals surface area contributed by atoms with Crippen molar-refractivity contribution in [1.82, 2.24) is 0 Å². The summed E-state index contributed by atoms with van der Waals surface area (Å²) in [6, 6.07) is 0. The quantitative estimate of drug-likeness (QED) is 0.343. The molecule has 0 N–H and O–H groups in total. The summed E-state index contributed by atoms with van der Waals surface area (Å²) < 4.78 is 4.42. The molecule has 0 heterocycles. The molecule has 0 radical (unpaired) electrons. The summed E-state index contributed by atoms with van der Waals surface area (Å²) in [5, 5.41) is -0.340. The molecule has 2 nitrogen and oxygen atoms in total. The molecule has 0 saturated heterocycles. The van der Waals surface area contributed by atoms with Crippen molar-refractivity contribution in [2.24, 2.45) is 0 Å². The number of carbonyl (C=O) groups excluding carboxylic acids is 1. The summed E-state index contributed by atoms with van der Waals surface area (Å²) in [5.74, 6) is 1.32. The van der Waals surface area contributed by atoms with Gasteiger partial charge < -0.3 is 4.74 Å². The summed E-state index contributed by atoms with van der Waals surface area (Å²) in [7, 11) is 0. The smallest absolute Gasteiger partial charge is 0.275 e. The molecule has 0 amide bonds. The largest absolute Gasteiger partial charge is 0.456 e. The summed E-state index contributed by atoms with van der Waals surface area (Å²) in [5.41, 5.74) is -0.580. The highest BCUT2D eigenvalue weighted by atomic mass is 35.5. The molecule has 0 rings (SSSR count). The van der Waals surface area contributed by atoms with E-state index in [1.54, 1.807) is 6.92 Å². The Morgan fingerprint density at radius 2 is 2.38 bits per heavy atom. The van der Waals surface area contributed by atoms with Crippen LogP contribution in [0.25, 0.3) is 0 Å². The summed E-state index contributed by atoms with van der Waals surface area (Å²) in [4.78, 5) is 9.56. The fourth-order valence-electron chi connectivity index (χ4n) is 0.167. The number of rotatable bonds is 2. The van der Waals surface area contributed by atoms with E-state index < -0.39 is 5.56 Å². The molecule has 1 atom stereocenters. The van der Waals surface area contributed by atoms with Crippen LogP contribution in [0.5, 0.6) is 0 Å². The molecule has 8 heavy (non-hydrogen) atoms. The van der Waals surface area contributed by atoms with Gasteiger partial charge in [-0.15, -0.1) is 0 Å². The zero-order valence-corrected chi connectivity index (χ0v) is 5.66. The van der Waals surface area contributed by atoms with E-state index in [4.69, 9.17) is 23.2 Å². The van der Waals surface area contributed by atoms with Crippen LogP contribution < -0.4 is 0 Å². The van der Waals surface area contributed by atoms with Crippen molar-refractivity contribution < 1.29 is 9.53 Å². The van der Waals surface area contributed by atoms with Gasteiger partial charge in [-0.3, -0.25) is 0 Å². The van der Waals surface area contributed by atoms with Gasteiger partial charge in [-0.1, -0.05) is 11.6 Å². The molecular formula is C4H4Cl2O2. The first kappa shape index (κ1) is 7.83. The lowest BCUT2D eigenvalue weighted by atomic mass is 10.8.